The molecule has 0 bridgehead atoms. The lowest BCUT2D eigenvalue weighted by atomic mass is 9.70. The van der Waals surface area contributed by atoms with Gasteiger partial charge in [-0.25, -0.2) is 15.0 Å². The second-order valence-corrected chi connectivity index (χ2v) is 19.5. The normalized spacial score (nSPS) is 14.4. The molecule has 5 nitrogen and oxygen atoms in total. The lowest BCUT2D eigenvalue weighted by Crippen LogP contribution is -2.26. The van der Waals surface area contributed by atoms with Crippen molar-refractivity contribution in [3.05, 3.63) is 275 Å². The first kappa shape index (κ1) is 41.8. The van der Waals surface area contributed by atoms with Crippen LogP contribution in [-0.2, 0) is 10.8 Å². The number of hydrogen-bond acceptors (Lipinski definition) is 3. The van der Waals surface area contributed by atoms with Gasteiger partial charge in [-0.3, -0.25) is 0 Å². The molecule has 0 radical (unpaired) electrons. The highest BCUT2D eigenvalue weighted by molar-refractivity contribution is 6.23. The van der Waals surface area contributed by atoms with Crippen molar-refractivity contribution in [2.45, 2.75) is 24.7 Å². The van der Waals surface area contributed by atoms with Crippen LogP contribution in [0, 0.1) is 0 Å². The Labute approximate surface area is 418 Å². The number of para-hydroxylation sites is 1. The predicted octanol–water partition coefficient (Wildman–Crippen LogP) is 16.6. The number of nitrogens with zero attached hydrogens (tertiary/aromatic N) is 4. The molecule has 0 fully saturated rings. The van der Waals surface area contributed by atoms with Crippen molar-refractivity contribution in [1.82, 2.24) is 0 Å². The van der Waals surface area contributed by atoms with Crippen LogP contribution in [0.2, 0.25) is 0 Å². The second kappa shape index (κ2) is 15.9. The highest BCUT2D eigenvalue weighted by Gasteiger charge is 2.52. The van der Waals surface area contributed by atoms with Gasteiger partial charge in [0.1, 0.15) is 11.2 Å². The van der Waals surface area contributed by atoms with Crippen molar-refractivity contribution < 1.29 is 4.42 Å². The van der Waals surface area contributed by atoms with E-state index in [1.54, 1.807) is 0 Å². The van der Waals surface area contributed by atoms with Crippen LogP contribution in [0.3, 0.4) is 0 Å². The maximum absolute atomic E-state index is 6.57. The lowest BCUT2D eigenvalue weighted by Gasteiger charge is -2.31. The van der Waals surface area contributed by atoms with E-state index in [1.165, 1.54) is 55.6 Å². The third-order valence-corrected chi connectivity index (χ3v) is 15.5. The highest BCUT2D eigenvalue weighted by atomic mass is 16.3. The smallest absolute Gasteiger partial charge is 0.182 e. The van der Waals surface area contributed by atoms with Crippen molar-refractivity contribution in [1.29, 1.82) is 0 Å². The molecule has 14 rings (SSSR count). The number of hydrazone groups is 1. The van der Waals surface area contributed by atoms with E-state index in [4.69, 9.17) is 19.5 Å². The molecule has 10 aromatic carbocycles. The van der Waals surface area contributed by atoms with Gasteiger partial charge in [0, 0.05) is 32.9 Å². The fraction of sp³-hybridized carbons (Fsp3) is 0.0597. The highest BCUT2D eigenvalue weighted by Crippen LogP contribution is 2.64. The Morgan fingerprint density at radius 2 is 0.958 bits per heavy atom. The fourth-order valence-corrected chi connectivity index (χ4v) is 12.4. The molecule has 0 N–H and O–H groups in total. The molecule has 0 saturated heterocycles. The number of aliphatic imine (C=N–C) groups is 2. The van der Waals surface area contributed by atoms with E-state index in [0.29, 0.717) is 11.7 Å². The second-order valence-electron chi connectivity index (χ2n) is 19.5. The minimum absolute atomic E-state index is 0.225. The summed E-state index contributed by atoms with van der Waals surface area (Å²) < 4.78 is 6.57. The summed E-state index contributed by atoms with van der Waals surface area (Å²) in [5, 5.41) is 9.89. The lowest BCUT2D eigenvalue weighted by molar-refractivity contribution is 0.660. The minimum Gasteiger partial charge on any atom is -0.456 e. The maximum atomic E-state index is 6.57. The molecule has 5 heteroatoms. The van der Waals surface area contributed by atoms with Crippen LogP contribution in [0.1, 0.15) is 58.4 Å². The van der Waals surface area contributed by atoms with Crippen LogP contribution in [0.4, 0.5) is 11.4 Å². The third kappa shape index (κ3) is 5.91. The van der Waals surface area contributed by atoms with E-state index in [2.05, 4.69) is 232 Å². The van der Waals surface area contributed by atoms with Crippen LogP contribution < -0.4 is 5.01 Å². The SMILES string of the molecule is C=NC(=N/C(=N\N(c1ccc(-c2ccccc2)cc1)c1cccc2c1-c1ccccc1C21c2ccccc2-c2ccccc21)c1cccc2oc3ccccc3c12)c1cccc2c1-c1ccccc1C2(C)C. The Morgan fingerprint density at radius 1 is 0.431 bits per heavy atom. The van der Waals surface area contributed by atoms with Crippen molar-refractivity contribution in [2.24, 2.45) is 15.1 Å². The average molecular weight is 923 g/mol. The van der Waals surface area contributed by atoms with Gasteiger partial charge in [-0.05, 0) is 109 Å². The number of benzene rings is 10. The number of fused-ring (bicyclic) bond motifs is 16. The van der Waals surface area contributed by atoms with E-state index in [-0.39, 0.29) is 5.41 Å². The molecule has 3 aliphatic carbocycles. The van der Waals surface area contributed by atoms with Gasteiger partial charge < -0.3 is 4.42 Å². The number of furan rings is 1. The summed E-state index contributed by atoms with van der Waals surface area (Å²) in [5.41, 5.74) is 21.1. The Hall–Kier alpha value is -9.19. The first-order valence-corrected chi connectivity index (χ1v) is 24.6. The van der Waals surface area contributed by atoms with E-state index in [0.717, 1.165) is 66.7 Å². The van der Waals surface area contributed by atoms with Crippen LogP contribution in [-0.4, -0.2) is 18.4 Å². The monoisotopic (exact) mass is 922 g/mol. The standard InChI is InChI=1S/C67H46N4O/c1-66(2)52-29-12-9-24-47(52)61-50(27-17-33-56(61)66)64(68-3)69-65(51-28-18-37-60-62(51)49-26-11-16-36-59(49)72-60)70-71(44-40-38-43(39-41-44)42-20-5-4-6-21-42)58-35-19-34-57-63(58)48-25-10-15-32-55(48)67(57)53-30-13-7-22-45(53)46-23-8-14-31-54(46)67/h4-41H,3H2,1-2H3/b69-64?,70-65-. The molecule has 0 saturated carbocycles. The first-order chi connectivity index (χ1) is 35.4. The molecule has 0 amide bonds. The van der Waals surface area contributed by atoms with E-state index in [1.807, 2.05) is 24.3 Å². The summed E-state index contributed by atoms with van der Waals surface area (Å²) >= 11 is 0. The quantitative estimate of drug-likeness (QED) is 0.0948. The summed E-state index contributed by atoms with van der Waals surface area (Å²) in [4.78, 5) is 10.5. The fourth-order valence-electron chi connectivity index (χ4n) is 12.4. The zero-order valence-electron chi connectivity index (χ0n) is 39.8. The Morgan fingerprint density at radius 3 is 1.68 bits per heavy atom. The minimum atomic E-state index is -0.554. The maximum Gasteiger partial charge on any atom is 0.182 e. The van der Waals surface area contributed by atoms with E-state index < -0.39 is 5.41 Å². The van der Waals surface area contributed by atoms with Crippen LogP contribution in [0.25, 0.3) is 66.4 Å². The molecular formula is C67H46N4O. The van der Waals surface area contributed by atoms with Gasteiger partial charge in [0.25, 0.3) is 0 Å². The summed E-state index contributed by atoms with van der Waals surface area (Å²) in [6.07, 6.45) is 0. The molecule has 0 aliphatic heterocycles. The van der Waals surface area contributed by atoms with Gasteiger partial charge in [0.2, 0.25) is 0 Å². The summed E-state index contributed by atoms with van der Waals surface area (Å²) in [7, 11) is 0. The number of rotatable bonds is 6. The van der Waals surface area contributed by atoms with E-state index in [9.17, 15) is 0 Å². The van der Waals surface area contributed by atoms with Crippen LogP contribution in [0.5, 0.6) is 0 Å². The zero-order chi connectivity index (χ0) is 48.1. The molecule has 1 spiro atoms. The molecular weight excluding hydrogens is 877 g/mol. The average Bonchev–Trinajstić information content (AvgIpc) is 4.14. The molecule has 1 heterocycles. The Kier molecular flexibility index (Phi) is 9.23. The van der Waals surface area contributed by atoms with Crippen molar-refractivity contribution in [3.8, 4) is 44.5 Å². The number of hydrogen-bond donors (Lipinski definition) is 0. The summed E-state index contributed by atoms with van der Waals surface area (Å²) in [6.45, 7) is 8.81. The van der Waals surface area contributed by atoms with Crippen LogP contribution in [0.15, 0.2) is 250 Å². The predicted molar refractivity (Wildman–Crippen MR) is 297 cm³/mol. The molecule has 0 unspecified atom stereocenters. The topological polar surface area (TPSA) is 53.5 Å². The molecule has 340 valence electrons. The van der Waals surface area contributed by atoms with Crippen molar-refractivity contribution in [2.75, 3.05) is 5.01 Å². The van der Waals surface area contributed by atoms with Gasteiger partial charge in [0.05, 0.1) is 16.8 Å². The number of anilines is 2. The van der Waals surface area contributed by atoms with E-state index >= 15 is 0 Å². The number of amidine groups is 2. The Balaban J connectivity index is 1.07. The van der Waals surface area contributed by atoms with Crippen LogP contribution >= 0.6 is 0 Å². The third-order valence-electron chi connectivity index (χ3n) is 15.5. The Bertz CT molecular complexity index is 4060. The summed E-state index contributed by atoms with van der Waals surface area (Å²) in [5.74, 6) is 0.934. The van der Waals surface area contributed by atoms with Crippen molar-refractivity contribution >= 4 is 51.7 Å². The molecule has 3 aliphatic rings. The molecule has 1 aromatic heterocycles. The molecule has 0 atom stereocenters. The first-order valence-electron chi connectivity index (χ1n) is 24.6. The van der Waals surface area contributed by atoms with Gasteiger partial charge >= 0.3 is 0 Å². The summed E-state index contributed by atoms with van der Waals surface area (Å²) in [6, 6.07) is 82.2. The molecule has 11 aromatic rings. The van der Waals surface area contributed by atoms with Gasteiger partial charge in [0.15, 0.2) is 11.7 Å². The zero-order valence-corrected chi connectivity index (χ0v) is 39.8. The van der Waals surface area contributed by atoms with Gasteiger partial charge in [-0.15, -0.1) is 5.10 Å². The van der Waals surface area contributed by atoms with Gasteiger partial charge in [-0.1, -0.05) is 214 Å². The largest absolute Gasteiger partial charge is 0.456 e. The van der Waals surface area contributed by atoms with Crippen molar-refractivity contribution in [3.63, 3.8) is 0 Å². The van der Waals surface area contributed by atoms with Gasteiger partial charge in [-0.2, -0.15) is 0 Å². The molecule has 72 heavy (non-hydrogen) atoms.